The summed E-state index contributed by atoms with van der Waals surface area (Å²) in [6.45, 7) is 2.14. The van der Waals surface area contributed by atoms with Gasteiger partial charge in [-0.25, -0.2) is 4.79 Å². The minimum absolute atomic E-state index is 0.360. The van der Waals surface area contributed by atoms with Gasteiger partial charge in [-0.15, -0.1) is 0 Å². The fourth-order valence-corrected chi connectivity index (χ4v) is 2.15. The van der Waals surface area contributed by atoms with Crippen molar-refractivity contribution in [2.75, 3.05) is 6.61 Å². The van der Waals surface area contributed by atoms with Crippen LogP contribution in [0.15, 0.2) is 30.3 Å². The van der Waals surface area contributed by atoms with Crippen LogP contribution in [0.3, 0.4) is 0 Å². The molecule has 0 amide bonds. The highest BCUT2D eigenvalue weighted by molar-refractivity contribution is 6.33. The second-order valence-corrected chi connectivity index (χ2v) is 4.22. The van der Waals surface area contributed by atoms with Crippen molar-refractivity contribution >= 4 is 34.5 Å². The number of rotatable bonds is 3. The van der Waals surface area contributed by atoms with Crippen molar-refractivity contribution in [3.63, 3.8) is 0 Å². The first-order chi connectivity index (χ1) is 8.65. The molecular weight excluding hydrogens is 250 g/mol. The van der Waals surface area contributed by atoms with E-state index in [0.29, 0.717) is 11.8 Å². The Morgan fingerprint density at radius 1 is 1.44 bits per heavy atom. The van der Waals surface area contributed by atoms with Crippen LogP contribution in [0.1, 0.15) is 12.5 Å². The number of carbonyl (C=O) groups excluding carboxylic acids is 1. The minimum Gasteiger partial charge on any atom is -0.463 e. The molecule has 18 heavy (non-hydrogen) atoms. The van der Waals surface area contributed by atoms with Crippen LogP contribution >= 0.6 is 11.6 Å². The van der Waals surface area contributed by atoms with Crippen LogP contribution in [0.5, 0.6) is 0 Å². The molecule has 2 rings (SSSR count). The Bertz CT molecular complexity index is 614. The van der Waals surface area contributed by atoms with E-state index in [9.17, 15) is 4.79 Å². The Morgan fingerprint density at radius 2 is 2.17 bits per heavy atom. The molecule has 0 bridgehead atoms. The summed E-state index contributed by atoms with van der Waals surface area (Å²) in [6, 6.07) is 7.87. The molecule has 0 aliphatic carbocycles. The van der Waals surface area contributed by atoms with Crippen molar-refractivity contribution < 1.29 is 9.53 Å². The Hall–Kier alpha value is -1.74. The molecule has 0 unspecified atom stereocenters. The standard InChI is InChI=1S/C14H14ClNO2/c1-3-18-13(17)9-8-11-10-6-4-5-7-12(10)16(2)14(11)15/h4-9H,3H2,1-2H3/b9-8+. The lowest BCUT2D eigenvalue weighted by atomic mass is 10.1. The van der Waals surface area contributed by atoms with Gasteiger partial charge in [-0.1, -0.05) is 29.8 Å². The van der Waals surface area contributed by atoms with Crippen molar-refractivity contribution in [3.05, 3.63) is 41.1 Å². The number of para-hydroxylation sites is 1. The number of hydrogen-bond acceptors (Lipinski definition) is 2. The summed E-state index contributed by atoms with van der Waals surface area (Å²) >= 11 is 6.26. The van der Waals surface area contributed by atoms with Crippen molar-refractivity contribution in [1.29, 1.82) is 0 Å². The number of esters is 1. The highest BCUT2D eigenvalue weighted by Gasteiger charge is 2.10. The van der Waals surface area contributed by atoms with Crippen LogP contribution in [-0.2, 0) is 16.6 Å². The number of aromatic nitrogens is 1. The molecule has 0 spiro atoms. The lowest BCUT2D eigenvalue weighted by Crippen LogP contribution is -1.98. The molecule has 1 aromatic carbocycles. The summed E-state index contributed by atoms with van der Waals surface area (Å²) in [7, 11) is 1.90. The Labute approximate surface area is 111 Å². The molecule has 0 saturated carbocycles. The monoisotopic (exact) mass is 263 g/mol. The predicted molar refractivity (Wildman–Crippen MR) is 73.6 cm³/mol. The number of carbonyl (C=O) groups is 1. The second kappa shape index (κ2) is 5.27. The third kappa shape index (κ3) is 2.27. The number of benzene rings is 1. The zero-order valence-corrected chi connectivity index (χ0v) is 11.1. The van der Waals surface area contributed by atoms with E-state index in [1.165, 1.54) is 6.08 Å². The molecular formula is C14H14ClNO2. The van der Waals surface area contributed by atoms with E-state index in [2.05, 4.69) is 0 Å². The maximum atomic E-state index is 11.3. The molecule has 0 aliphatic rings. The van der Waals surface area contributed by atoms with Crippen molar-refractivity contribution in [1.82, 2.24) is 4.57 Å². The molecule has 0 atom stereocenters. The van der Waals surface area contributed by atoms with Crippen molar-refractivity contribution in [3.8, 4) is 0 Å². The highest BCUT2D eigenvalue weighted by Crippen LogP contribution is 2.29. The van der Waals surface area contributed by atoms with E-state index in [1.807, 2.05) is 35.9 Å². The van der Waals surface area contributed by atoms with Gasteiger partial charge in [-0.2, -0.15) is 0 Å². The number of hydrogen-bond donors (Lipinski definition) is 0. The largest absolute Gasteiger partial charge is 0.463 e. The van der Waals surface area contributed by atoms with Crippen LogP contribution < -0.4 is 0 Å². The average Bonchev–Trinajstić information content (AvgIpc) is 2.61. The predicted octanol–water partition coefficient (Wildman–Crippen LogP) is 3.41. The van der Waals surface area contributed by atoms with Gasteiger partial charge in [0.05, 0.1) is 6.61 Å². The molecule has 3 nitrogen and oxygen atoms in total. The maximum Gasteiger partial charge on any atom is 0.330 e. The molecule has 0 saturated heterocycles. The Balaban J connectivity index is 2.45. The lowest BCUT2D eigenvalue weighted by molar-refractivity contribution is -0.137. The third-order valence-corrected chi connectivity index (χ3v) is 3.20. The van der Waals surface area contributed by atoms with Gasteiger partial charge in [-0.05, 0) is 19.1 Å². The SMILES string of the molecule is CCOC(=O)/C=C/c1c(Cl)n(C)c2ccccc12. The number of halogens is 1. The quantitative estimate of drug-likeness (QED) is 0.628. The molecule has 0 fully saturated rings. The van der Waals surface area contributed by atoms with E-state index >= 15 is 0 Å². The van der Waals surface area contributed by atoms with Crippen LogP contribution in [0, 0.1) is 0 Å². The normalized spacial score (nSPS) is 11.3. The molecule has 1 aromatic heterocycles. The van der Waals surface area contributed by atoms with E-state index in [4.69, 9.17) is 16.3 Å². The second-order valence-electron chi connectivity index (χ2n) is 3.87. The average molecular weight is 264 g/mol. The Morgan fingerprint density at radius 3 is 2.89 bits per heavy atom. The summed E-state index contributed by atoms with van der Waals surface area (Å²) in [5.74, 6) is -0.360. The molecule has 0 aliphatic heterocycles. The summed E-state index contributed by atoms with van der Waals surface area (Å²) in [5.41, 5.74) is 1.87. The molecule has 0 N–H and O–H groups in total. The summed E-state index contributed by atoms with van der Waals surface area (Å²) in [5, 5.41) is 1.63. The summed E-state index contributed by atoms with van der Waals surface area (Å²) in [4.78, 5) is 11.3. The molecule has 2 aromatic rings. The van der Waals surface area contributed by atoms with E-state index in [1.54, 1.807) is 13.0 Å². The van der Waals surface area contributed by atoms with Gasteiger partial charge in [-0.3, -0.25) is 0 Å². The number of ether oxygens (including phenoxy) is 1. The van der Waals surface area contributed by atoms with E-state index in [-0.39, 0.29) is 5.97 Å². The van der Waals surface area contributed by atoms with Crippen molar-refractivity contribution in [2.45, 2.75) is 6.92 Å². The fourth-order valence-electron chi connectivity index (χ4n) is 1.89. The first kappa shape index (κ1) is 12.7. The first-order valence-corrected chi connectivity index (χ1v) is 6.10. The van der Waals surface area contributed by atoms with Gasteiger partial charge < -0.3 is 9.30 Å². The molecule has 0 radical (unpaired) electrons. The van der Waals surface area contributed by atoms with E-state index < -0.39 is 0 Å². The Kier molecular flexibility index (Phi) is 3.72. The van der Waals surface area contributed by atoms with Crippen LogP contribution in [0.4, 0.5) is 0 Å². The van der Waals surface area contributed by atoms with Crippen LogP contribution in [0.2, 0.25) is 5.15 Å². The zero-order valence-electron chi connectivity index (χ0n) is 10.3. The highest BCUT2D eigenvalue weighted by atomic mass is 35.5. The number of aryl methyl sites for hydroxylation is 1. The van der Waals surface area contributed by atoms with Crippen LogP contribution in [0.25, 0.3) is 17.0 Å². The molecule has 1 heterocycles. The fraction of sp³-hybridized carbons (Fsp3) is 0.214. The summed E-state index contributed by atoms with van der Waals surface area (Å²) in [6.07, 6.45) is 3.10. The number of fused-ring (bicyclic) bond motifs is 1. The number of nitrogens with zero attached hydrogens (tertiary/aromatic N) is 1. The van der Waals surface area contributed by atoms with E-state index in [0.717, 1.165) is 16.5 Å². The van der Waals surface area contributed by atoms with Gasteiger partial charge in [0.2, 0.25) is 0 Å². The molecule has 94 valence electrons. The van der Waals surface area contributed by atoms with Gasteiger partial charge in [0.15, 0.2) is 0 Å². The minimum atomic E-state index is -0.360. The van der Waals surface area contributed by atoms with Crippen molar-refractivity contribution in [2.24, 2.45) is 7.05 Å². The van der Waals surface area contributed by atoms with Crippen LogP contribution in [-0.4, -0.2) is 17.1 Å². The smallest absolute Gasteiger partial charge is 0.330 e. The maximum absolute atomic E-state index is 11.3. The van der Waals surface area contributed by atoms with Gasteiger partial charge in [0.25, 0.3) is 0 Å². The van der Waals surface area contributed by atoms with Gasteiger partial charge >= 0.3 is 5.97 Å². The lowest BCUT2D eigenvalue weighted by Gasteiger charge is -1.96. The molecule has 4 heteroatoms. The zero-order chi connectivity index (χ0) is 13.1. The first-order valence-electron chi connectivity index (χ1n) is 5.73. The topological polar surface area (TPSA) is 31.2 Å². The third-order valence-electron chi connectivity index (χ3n) is 2.74. The van der Waals surface area contributed by atoms with Gasteiger partial charge in [0.1, 0.15) is 5.15 Å². The summed E-state index contributed by atoms with van der Waals surface area (Å²) < 4.78 is 6.74. The van der Waals surface area contributed by atoms with Gasteiger partial charge in [0, 0.05) is 29.6 Å².